The number of nitrogens with one attached hydrogen (secondary N) is 1. The van der Waals surface area contributed by atoms with Crippen LogP contribution in [0.3, 0.4) is 0 Å². The largest absolute Gasteiger partial charge is 0.481 e. The third-order valence-electron chi connectivity index (χ3n) is 2.90. The van der Waals surface area contributed by atoms with Gasteiger partial charge in [0, 0.05) is 6.04 Å². The molecule has 1 aromatic carbocycles. The van der Waals surface area contributed by atoms with E-state index in [-0.39, 0.29) is 12.5 Å². The molecule has 0 aliphatic carbocycles. The van der Waals surface area contributed by atoms with Crippen LogP contribution >= 0.6 is 0 Å². The normalized spacial score (nSPS) is 12.6. The molecule has 0 aliphatic rings. The summed E-state index contributed by atoms with van der Waals surface area (Å²) in [6.07, 6.45) is 2.02. The van der Waals surface area contributed by atoms with Gasteiger partial charge in [0.2, 0.25) is 0 Å². The first-order valence-electron chi connectivity index (χ1n) is 6.57. The highest BCUT2D eigenvalue weighted by molar-refractivity contribution is 5.67. The summed E-state index contributed by atoms with van der Waals surface area (Å²) >= 11 is 0. The number of rotatable bonds is 8. The summed E-state index contributed by atoms with van der Waals surface area (Å²) in [4.78, 5) is 10.9. The molecule has 0 bridgehead atoms. The van der Waals surface area contributed by atoms with Gasteiger partial charge in [0.05, 0.1) is 6.42 Å². The molecule has 0 spiro atoms. The Morgan fingerprint density at radius 1 is 1.28 bits per heavy atom. The molecule has 100 valence electrons. The Kier molecular flexibility index (Phi) is 6.44. The summed E-state index contributed by atoms with van der Waals surface area (Å²) in [5.41, 5.74) is 1.18. The molecule has 0 amide bonds. The number of benzene rings is 1. The van der Waals surface area contributed by atoms with Gasteiger partial charge in [-0.05, 0) is 30.9 Å². The Bertz CT molecular complexity index is 349. The SMILES string of the molecule is CC(C)CCNC(CC(=O)O)Cc1ccccc1. The lowest BCUT2D eigenvalue weighted by atomic mass is 10.0. The van der Waals surface area contributed by atoms with Gasteiger partial charge in [-0.1, -0.05) is 44.2 Å². The first-order chi connectivity index (χ1) is 8.58. The highest BCUT2D eigenvalue weighted by Gasteiger charge is 2.13. The van der Waals surface area contributed by atoms with Crippen LogP contribution in [-0.2, 0) is 11.2 Å². The summed E-state index contributed by atoms with van der Waals surface area (Å²) in [6, 6.07) is 10.0. The van der Waals surface area contributed by atoms with Gasteiger partial charge in [-0.3, -0.25) is 4.79 Å². The topological polar surface area (TPSA) is 49.3 Å². The number of aliphatic carboxylic acids is 1. The van der Waals surface area contributed by atoms with Gasteiger partial charge in [-0.2, -0.15) is 0 Å². The van der Waals surface area contributed by atoms with Gasteiger partial charge in [0.25, 0.3) is 0 Å². The smallest absolute Gasteiger partial charge is 0.304 e. The number of hydrogen-bond acceptors (Lipinski definition) is 2. The Labute approximate surface area is 109 Å². The molecule has 0 radical (unpaired) electrons. The van der Waals surface area contributed by atoms with Crippen LogP contribution in [0.4, 0.5) is 0 Å². The Morgan fingerprint density at radius 2 is 1.94 bits per heavy atom. The third kappa shape index (κ3) is 6.40. The molecule has 0 aromatic heterocycles. The molecule has 3 nitrogen and oxygen atoms in total. The van der Waals surface area contributed by atoms with Crippen LogP contribution in [0.15, 0.2) is 30.3 Å². The molecule has 1 unspecified atom stereocenters. The van der Waals surface area contributed by atoms with Crippen LogP contribution in [0.5, 0.6) is 0 Å². The van der Waals surface area contributed by atoms with Crippen molar-refractivity contribution in [2.24, 2.45) is 5.92 Å². The Hall–Kier alpha value is -1.35. The van der Waals surface area contributed by atoms with Crippen molar-refractivity contribution in [3.8, 4) is 0 Å². The van der Waals surface area contributed by atoms with Crippen LogP contribution < -0.4 is 5.32 Å². The minimum absolute atomic E-state index is 0.0173. The van der Waals surface area contributed by atoms with Crippen molar-refractivity contribution in [3.63, 3.8) is 0 Å². The standard InChI is InChI=1S/C15H23NO2/c1-12(2)8-9-16-14(11-15(17)18)10-13-6-4-3-5-7-13/h3-7,12,14,16H,8-11H2,1-2H3,(H,17,18). The molecule has 3 heteroatoms. The summed E-state index contributed by atoms with van der Waals surface area (Å²) in [5.74, 6) is -0.104. The molecule has 0 saturated carbocycles. The Morgan fingerprint density at radius 3 is 2.50 bits per heavy atom. The molecule has 0 heterocycles. The third-order valence-corrected chi connectivity index (χ3v) is 2.90. The van der Waals surface area contributed by atoms with E-state index < -0.39 is 5.97 Å². The van der Waals surface area contributed by atoms with E-state index in [1.807, 2.05) is 30.3 Å². The summed E-state index contributed by atoms with van der Waals surface area (Å²) in [6.45, 7) is 5.22. The van der Waals surface area contributed by atoms with E-state index in [1.54, 1.807) is 0 Å². The average molecular weight is 249 g/mol. The summed E-state index contributed by atoms with van der Waals surface area (Å²) < 4.78 is 0. The zero-order valence-electron chi connectivity index (χ0n) is 11.2. The molecular weight excluding hydrogens is 226 g/mol. The fourth-order valence-corrected chi connectivity index (χ4v) is 1.90. The summed E-state index contributed by atoms with van der Waals surface area (Å²) in [7, 11) is 0. The van der Waals surface area contributed by atoms with Crippen molar-refractivity contribution in [1.82, 2.24) is 5.32 Å². The van der Waals surface area contributed by atoms with E-state index in [4.69, 9.17) is 5.11 Å². The highest BCUT2D eigenvalue weighted by atomic mass is 16.4. The van der Waals surface area contributed by atoms with E-state index in [9.17, 15) is 4.79 Å². The molecule has 18 heavy (non-hydrogen) atoms. The molecule has 0 fully saturated rings. The predicted molar refractivity (Wildman–Crippen MR) is 73.6 cm³/mol. The molecule has 1 aromatic rings. The predicted octanol–water partition coefficient (Wildman–Crippen LogP) is 2.71. The summed E-state index contributed by atoms with van der Waals surface area (Å²) in [5, 5.41) is 12.3. The van der Waals surface area contributed by atoms with Crippen molar-refractivity contribution in [2.45, 2.75) is 39.2 Å². The van der Waals surface area contributed by atoms with Crippen LogP contribution in [0, 0.1) is 5.92 Å². The van der Waals surface area contributed by atoms with Gasteiger partial charge < -0.3 is 10.4 Å². The van der Waals surface area contributed by atoms with Crippen molar-refractivity contribution >= 4 is 5.97 Å². The fraction of sp³-hybridized carbons (Fsp3) is 0.533. The van der Waals surface area contributed by atoms with E-state index in [2.05, 4.69) is 19.2 Å². The van der Waals surface area contributed by atoms with Gasteiger partial charge in [-0.15, -0.1) is 0 Å². The first kappa shape index (κ1) is 14.7. The van der Waals surface area contributed by atoms with Crippen LogP contribution in [0.25, 0.3) is 0 Å². The number of hydrogen-bond donors (Lipinski definition) is 2. The van der Waals surface area contributed by atoms with Crippen molar-refractivity contribution in [1.29, 1.82) is 0 Å². The van der Waals surface area contributed by atoms with E-state index in [0.717, 1.165) is 19.4 Å². The van der Waals surface area contributed by atoms with Crippen LogP contribution in [0.1, 0.15) is 32.3 Å². The van der Waals surface area contributed by atoms with Crippen LogP contribution in [-0.4, -0.2) is 23.7 Å². The van der Waals surface area contributed by atoms with Crippen molar-refractivity contribution in [2.75, 3.05) is 6.54 Å². The lowest BCUT2D eigenvalue weighted by Gasteiger charge is -2.17. The van der Waals surface area contributed by atoms with Gasteiger partial charge >= 0.3 is 5.97 Å². The van der Waals surface area contributed by atoms with Gasteiger partial charge in [0.15, 0.2) is 0 Å². The molecule has 1 rings (SSSR count). The second kappa shape index (κ2) is 7.88. The lowest BCUT2D eigenvalue weighted by molar-refractivity contribution is -0.137. The Balaban J connectivity index is 2.47. The van der Waals surface area contributed by atoms with Gasteiger partial charge in [0.1, 0.15) is 0 Å². The fourth-order valence-electron chi connectivity index (χ4n) is 1.90. The monoisotopic (exact) mass is 249 g/mol. The minimum atomic E-state index is -0.743. The number of carbonyl (C=O) groups is 1. The maximum atomic E-state index is 10.9. The zero-order valence-corrected chi connectivity index (χ0v) is 11.2. The molecule has 2 N–H and O–H groups in total. The van der Waals surface area contributed by atoms with E-state index in [0.29, 0.717) is 5.92 Å². The maximum absolute atomic E-state index is 10.9. The highest BCUT2D eigenvalue weighted by Crippen LogP contribution is 2.07. The molecule has 0 saturated heterocycles. The van der Waals surface area contributed by atoms with Crippen molar-refractivity contribution in [3.05, 3.63) is 35.9 Å². The molecule has 0 aliphatic heterocycles. The molecule has 1 atom stereocenters. The number of carboxylic acid groups (broad SMARTS) is 1. The maximum Gasteiger partial charge on any atom is 0.304 e. The minimum Gasteiger partial charge on any atom is -0.481 e. The second-order valence-electron chi connectivity index (χ2n) is 5.12. The van der Waals surface area contributed by atoms with Crippen LogP contribution in [0.2, 0.25) is 0 Å². The number of carboxylic acids is 1. The van der Waals surface area contributed by atoms with Crippen molar-refractivity contribution < 1.29 is 9.90 Å². The quantitative estimate of drug-likeness (QED) is 0.744. The van der Waals surface area contributed by atoms with E-state index in [1.165, 1.54) is 5.56 Å². The van der Waals surface area contributed by atoms with Gasteiger partial charge in [-0.25, -0.2) is 0 Å². The average Bonchev–Trinajstić information content (AvgIpc) is 2.28. The second-order valence-corrected chi connectivity index (χ2v) is 5.12. The van der Waals surface area contributed by atoms with E-state index >= 15 is 0 Å². The lowest BCUT2D eigenvalue weighted by Crippen LogP contribution is -2.34. The molecular formula is C15H23NO2. The first-order valence-corrected chi connectivity index (χ1v) is 6.57. The zero-order chi connectivity index (χ0) is 13.4.